The van der Waals surface area contributed by atoms with Crippen molar-refractivity contribution in [3.63, 3.8) is 0 Å². The molecule has 0 bridgehead atoms. The van der Waals surface area contributed by atoms with Gasteiger partial charge in [-0.2, -0.15) is 0 Å². The number of anilines is 1. The monoisotopic (exact) mass is 356 g/mol. The van der Waals surface area contributed by atoms with Crippen LogP contribution in [-0.2, 0) is 6.54 Å². The van der Waals surface area contributed by atoms with E-state index in [9.17, 15) is 18.9 Å². The molecule has 21 heavy (non-hydrogen) atoms. The van der Waals surface area contributed by atoms with E-state index in [2.05, 4.69) is 21.2 Å². The van der Waals surface area contributed by atoms with Crippen molar-refractivity contribution in [3.8, 4) is 0 Å². The van der Waals surface area contributed by atoms with Gasteiger partial charge in [-0.25, -0.2) is 8.78 Å². The van der Waals surface area contributed by atoms with Gasteiger partial charge in [0.2, 0.25) is 0 Å². The highest BCUT2D eigenvalue weighted by atomic mass is 79.9. The lowest BCUT2D eigenvalue weighted by atomic mass is 10.1. The summed E-state index contributed by atoms with van der Waals surface area (Å²) >= 11 is 3.30. The first-order valence-corrected chi connectivity index (χ1v) is 6.79. The Morgan fingerprint density at radius 1 is 1.19 bits per heavy atom. The molecule has 0 fully saturated rings. The first-order valence-electron chi connectivity index (χ1n) is 6.00. The molecule has 0 atom stereocenters. The Morgan fingerprint density at radius 2 is 1.81 bits per heavy atom. The van der Waals surface area contributed by atoms with Gasteiger partial charge in [-0.3, -0.25) is 10.1 Å². The second-order valence-corrected chi connectivity index (χ2v) is 5.36. The molecular weight excluding hydrogens is 346 g/mol. The number of halogens is 3. The van der Waals surface area contributed by atoms with Gasteiger partial charge >= 0.3 is 0 Å². The second kappa shape index (κ2) is 6.17. The van der Waals surface area contributed by atoms with Crippen LogP contribution in [0.15, 0.2) is 34.8 Å². The topological polar surface area (TPSA) is 55.2 Å². The van der Waals surface area contributed by atoms with Crippen molar-refractivity contribution in [2.75, 3.05) is 5.32 Å². The summed E-state index contributed by atoms with van der Waals surface area (Å²) in [7, 11) is 0. The first kappa shape index (κ1) is 15.4. The zero-order chi connectivity index (χ0) is 15.6. The fraction of sp³-hybridized carbons (Fsp3) is 0.143. The van der Waals surface area contributed by atoms with Crippen LogP contribution in [0.2, 0.25) is 0 Å². The quantitative estimate of drug-likeness (QED) is 0.645. The van der Waals surface area contributed by atoms with Crippen molar-refractivity contribution < 1.29 is 13.7 Å². The minimum atomic E-state index is -0.666. The van der Waals surface area contributed by atoms with Gasteiger partial charge in [-0.15, -0.1) is 0 Å². The maximum absolute atomic E-state index is 13.1. The molecule has 0 aliphatic rings. The van der Waals surface area contributed by atoms with E-state index in [4.69, 9.17) is 0 Å². The normalized spacial score (nSPS) is 10.5. The number of hydrogen-bond acceptors (Lipinski definition) is 3. The average Bonchev–Trinajstić information content (AvgIpc) is 2.36. The predicted octanol–water partition coefficient (Wildman–Crippen LogP) is 4.56. The molecular formula is C14H11BrF2N2O2. The molecule has 1 N–H and O–H groups in total. The number of nitro groups is 1. The SMILES string of the molecule is Cc1cc(Br)c(NCc2cc(F)cc(F)c2)cc1[N+](=O)[O-]. The van der Waals surface area contributed by atoms with Crippen molar-refractivity contribution in [2.24, 2.45) is 0 Å². The van der Waals surface area contributed by atoms with Crippen molar-refractivity contribution in [1.29, 1.82) is 0 Å². The highest BCUT2D eigenvalue weighted by Crippen LogP contribution is 2.31. The molecule has 2 aromatic rings. The maximum atomic E-state index is 13.1. The summed E-state index contributed by atoms with van der Waals surface area (Å²) in [5.41, 5.74) is 1.39. The minimum Gasteiger partial charge on any atom is -0.380 e. The standard InChI is InChI=1S/C14H11BrF2N2O2/c1-8-2-12(15)13(6-14(8)19(20)21)18-7-9-3-10(16)5-11(17)4-9/h2-6,18H,7H2,1H3. The largest absolute Gasteiger partial charge is 0.380 e. The molecule has 0 heterocycles. The zero-order valence-corrected chi connectivity index (χ0v) is 12.6. The van der Waals surface area contributed by atoms with Crippen LogP contribution in [0, 0.1) is 28.7 Å². The predicted molar refractivity (Wildman–Crippen MR) is 79.2 cm³/mol. The first-order chi connectivity index (χ1) is 9.86. The molecule has 0 spiro atoms. The van der Waals surface area contributed by atoms with Gasteiger partial charge in [-0.05, 0) is 46.6 Å². The van der Waals surface area contributed by atoms with Gasteiger partial charge in [0.15, 0.2) is 0 Å². The average molecular weight is 357 g/mol. The van der Waals surface area contributed by atoms with Crippen LogP contribution in [0.25, 0.3) is 0 Å². The number of nitrogens with zero attached hydrogens (tertiary/aromatic N) is 1. The van der Waals surface area contributed by atoms with Crippen molar-refractivity contribution in [3.05, 3.63) is 67.7 Å². The molecule has 0 aliphatic heterocycles. The third-order valence-electron chi connectivity index (χ3n) is 2.89. The number of aryl methyl sites for hydroxylation is 1. The third-order valence-corrected chi connectivity index (χ3v) is 3.54. The van der Waals surface area contributed by atoms with Gasteiger partial charge < -0.3 is 5.32 Å². The second-order valence-electron chi connectivity index (χ2n) is 4.51. The minimum absolute atomic E-state index is 0.0221. The van der Waals surface area contributed by atoms with Crippen molar-refractivity contribution in [2.45, 2.75) is 13.5 Å². The van der Waals surface area contributed by atoms with Crippen LogP contribution in [0.1, 0.15) is 11.1 Å². The lowest BCUT2D eigenvalue weighted by molar-refractivity contribution is -0.385. The van der Waals surface area contributed by atoms with Gasteiger partial charge in [0.05, 0.1) is 10.6 Å². The van der Waals surface area contributed by atoms with E-state index in [1.165, 1.54) is 18.2 Å². The Kier molecular flexibility index (Phi) is 4.52. The number of benzene rings is 2. The Hall–Kier alpha value is -2.02. The number of nitrogens with one attached hydrogen (secondary N) is 1. The van der Waals surface area contributed by atoms with Gasteiger partial charge in [0.1, 0.15) is 11.6 Å². The van der Waals surface area contributed by atoms with E-state index in [1.54, 1.807) is 13.0 Å². The molecule has 0 unspecified atom stereocenters. The number of rotatable bonds is 4. The van der Waals surface area contributed by atoms with E-state index in [-0.39, 0.29) is 12.2 Å². The molecule has 7 heteroatoms. The van der Waals surface area contributed by atoms with Crippen LogP contribution in [0.5, 0.6) is 0 Å². The number of hydrogen-bond donors (Lipinski definition) is 1. The summed E-state index contributed by atoms with van der Waals surface area (Å²) in [6.07, 6.45) is 0. The molecule has 0 amide bonds. The lowest BCUT2D eigenvalue weighted by Gasteiger charge is -2.10. The van der Waals surface area contributed by atoms with Gasteiger partial charge in [0, 0.05) is 28.7 Å². The Bertz CT molecular complexity index is 687. The van der Waals surface area contributed by atoms with Crippen molar-refractivity contribution >= 4 is 27.3 Å². The zero-order valence-electron chi connectivity index (χ0n) is 11.0. The molecule has 0 radical (unpaired) electrons. The molecule has 0 saturated carbocycles. The summed E-state index contributed by atoms with van der Waals surface area (Å²) in [5.74, 6) is -1.33. The summed E-state index contributed by atoms with van der Waals surface area (Å²) in [6, 6.07) is 6.19. The van der Waals surface area contributed by atoms with Crippen LogP contribution in [-0.4, -0.2) is 4.92 Å². The van der Waals surface area contributed by atoms with Gasteiger partial charge in [-0.1, -0.05) is 0 Å². The Morgan fingerprint density at radius 3 is 2.38 bits per heavy atom. The molecule has 2 aromatic carbocycles. The van der Waals surface area contributed by atoms with Crippen LogP contribution >= 0.6 is 15.9 Å². The third kappa shape index (κ3) is 3.75. The smallest absolute Gasteiger partial charge is 0.274 e. The van der Waals surface area contributed by atoms with E-state index in [0.717, 1.165) is 6.07 Å². The van der Waals surface area contributed by atoms with E-state index in [0.29, 0.717) is 21.3 Å². The molecule has 110 valence electrons. The van der Waals surface area contributed by atoms with Crippen molar-refractivity contribution in [1.82, 2.24) is 0 Å². The lowest BCUT2D eigenvalue weighted by Crippen LogP contribution is -2.03. The number of nitro benzene ring substituents is 1. The fourth-order valence-electron chi connectivity index (χ4n) is 1.90. The van der Waals surface area contributed by atoms with Crippen LogP contribution < -0.4 is 5.32 Å². The molecule has 2 rings (SSSR count). The molecule has 0 aliphatic carbocycles. The fourth-order valence-corrected chi connectivity index (χ4v) is 2.50. The Balaban J connectivity index is 2.23. The van der Waals surface area contributed by atoms with Crippen LogP contribution in [0.4, 0.5) is 20.2 Å². The summed E-state index contributed by atoms with van der Waals surface area (Å²) in [5, 5.41) is 13.8. The van der Waals surface area contributed by atoms with E-state index < -0.39 is 16.6 Å². The highest BCUT2D eigenvalue weighted by Gasteiger charge is 2.14. The van der Waals surface area contributed by atoms with E-state index in [1.807, 2.05) is 0 Å². The highest BCUT2D eigenvalue weighted by molar-refractivity contribution is 9.10. The summed E-state index contributed by atoms with van der Waals surface area (Å²) in [6.45, 7) is 1.78. The molecule has 4 nitrogen and oxygen atoms in total. The molecule has 0 saturated heterocycles. The summed E-state index contributed by atoms with van der Waals surface area (Å²) in [4.78, 5) is 10.4. The maximum Gasteiger partial charge on any atom is 0.274 e. The Labute approximate surface area is 128 Å². The van der Waals surface area contributed by atoms with Gasteiger partial charge in [0.25, 0.3) is 5.69 Å². The van der Waals surface area contributed by atoms with Crippen LogP contribution in [0.3, 0.4) is 0 Å². The molecule has 0 aromatic heterocycles. The summed E-state index contributed by atoms with van der Waals surface area (Å²) < 4.78 is 26.8. The van der Waals surface area contributed by atoms with E-state index >= 15 is 0 Å².